The summed E-state index contributed by atoms with van der Waals surface area (Å²) >= 11 is 3.53. The maximum Gasteiger partial charge on any atom is 0.419 e. The van der Waals surface area contributed by atoms with Gasteiger partial charge in [0, 0.05) is 22.5 Å². The van der Waals surface area contributed by atoms with Crippen molar-refractivity contribution in [1.82, 2.24) is 4.98 Å². The van der Waals surface area contributed by atoms with Crippen LogP contribution in [-0.4, -0.2) is 34.7 Å². The van der Waals surface area contributed by atoms with Crippen LogP contribution in [0.25, 0.3) is 5.57 Å². The summed E-state index contributed by atoms with van der Waals surface area (Å²) in [6.07, 6.45) is 0.841. The highest BCUT2D eigenvalue weighted by molar-refractivity contribution is 7.79. The molecule has 2 N–H and O–H groups in total. The fourth-order valence-corrected chi connectivity index (χ4v) is 5.24. The number of benzene rings is 1. The molecule has 230 valence electrons. The summed E-state index contributed by atoms with van der Waals surface area (Å²) in [5.74, 6) is -1.58. The average molecular weight is 600 g/mol. The fraction of sp³-hybridized carbons (Fsp3) is 0.594. The lowest BCUT2D eigenvalue weighted by atomic mass is 9.71. The molecule has 1 aliphatic heterocycles. The fourth-order valence-electron chi connectivity index (χ4n) is 5.24. The van der Waals surface area contributed by atoms with Gasteiger partial charge in [0.15, 0.2) is 0 Å². The Balaban J connectivity index is 0.000000902. The zero-order chi connectivity index (χ0) is 31.1. The van der Waals surface area contributed by atoms with E-state index in [1.165, 1.54) is 12.8 Å². The van der Waals surface area contributed by atoms with Crippen molar-refractivity contribution in [3.63, 3.8) is 0 Å². The zero-order valence-electron chi connectivity index (χ0n) is 25.2. The number of halogens is 4. The van der Waals surface area contributed by atoms with Crippen molar-refractivity contribution < 1.29 is 32.5 Å². The molecule has 4 nitrogen and oxygen atoms in total. The number of nitrogens with zero attached hydrogens (tertiary/aromatic N) is 1. The standard InChI is InChI=1S/C27H31F4NO3.C4H10.CH4S/c1-14(2)24-23(25(34)16-5-6-17(18(28)11-16)27(29,30)31)21(15-7-9-35-10-8-15)22-19(32-24)12-26(3,4)13-20(22)33;1-3-4-2;1-2/h5-7,11,14,20,25,33-34H,8-10,12-13H2,1-4H3;3-4H2,1-2H3;2H,1H3. The number of rotatable bonds is 5. The van der Waals surface area contributed by atoms with Gasteiger partial charge in [-0.2, -0.15) is 25.8 Å². The quantitative estimate of drug-likeness (QED) is 0.238. The van der Waals surface area contributed by atoms with Crippen molar-refractivity contribution in [3.05, 3.63) is 69.3 Å². The van der Waals surface area contributed by atoms with E-state index in [1.807, 2.05) is 19.9 Å². The second-order valence-corrected chi connectivity index (χ2v) is 11.6. The molecule has 1 aromatic heterocycles. The molecular formula is C32H45F4NO3S. The van der Waals surface area contributed by atoms with Crippen LogP contribution in [0.1, 0.15) is 125 Å². The van der Waals surface area contributed by atoms with E-state index in [0.29, 0.717) is 60.9 Å². The Bertz CT molecular complexity index is 1190. The van der Waals surface area contributed by atoms with Crippen LogP contribution < -0.4 is 0 Å². The summed E-state index contributed by atoms with van der Waals surface area (Å²) < 4.78 is 59.3. The van der Waals surface area contributed by atoms with E-state index in [-0.39, 0.29) is 16.9 Å². The second-order valence-electron chi connectivity index (χ2n) is 11.6. The minimum absolute atomic E-state index is 0.00121. The maximum atomic E-state index is 14.4. The number of ether oxygens (including phenoxy) is 1. The summed E-state index contributed by atoms with van der Waals surface area (Å²) in [7, 11) is 0. The van der Waals surface area contributed by atoms with Crippen molar-refractivity contribution in [2.45, 2.75) is 97.9 Å². The predicted octanol–water partition coefficient (Wildman–Crippen LogP) is 8.61. The van der Waals surface area contributed by atoms with E-state index >= 15 is 0 Å². The zero-order valence-corrected chi connectivity index (χ0v) is 26.1. The van der Waals surface area contributed by atoms with Crippen LogP contribution in [0.5, 0.6) is 0 Å². The average Bonchev–Trinajstić information content (AvgIpc) is 2.91. The Morgan fingerprint density at radius 1 is 1.15 bits per heavy atom. The first-order chi connectivity index (χ1) is 19.2. The molecule has 0 fully saturated rings. The van der Waals surface area contributed by atoms with Crippen LogP contribution >= 0.6 is 12.6 Å². The SMILES string of the molecule is CC(C)c1nc2c(c(C3=CCOCC3)c1C(O)c1ccc(C(F)(F)F)c(F)c1)C(O)CC(C)(C)C2.CCCC.CS. The number of fused-ring (bicyclic) bond motifs is 1. The number of alkyl halides is 3. The van der Waals surface area contributed by atoms with E-state index in [4.69, 9.17) is 9.72 Å². The smallest absolute Gasteiger partial charge is 0.388 e. The lowest BCUT2D eigenvalue weighted by Gasteiger charge is -2.38. The minimum atomic E-state index is -4.83. The van der Waals surface area contributed by atoms with E-state index in [1.54, 1.807) is 6.26 Å². The third-order valence-electron chi connectivity index (χ3n) is 7.33. The van der Waals surface area contributed by atoms with Crippen molar-refractivity contribution in [3.8, 4) is 0 Å². The van der Waals surface area contributed by atoms with Gasteiger partial charge >= 0.3 is 6.18 Å². The van der Waals surface area contributed by atoms with Crippen LogP contribution in [0.3, 0.4) is 0 Å². The number of thiol groups is 1. The van der Waals surface area contributed by atoms with Gasteiger partial charge in [-0.15, -0.1) is 0 Å². The highest BCUT2D eigenvalue weighted by Gasteiger charge is 2.39. The Labute approximate surface area is 247 Å². The second kappa shape index (κ2) is 15.0. The minimum Gasteiger partial charge on any atom is -0.388 e. The molecular weight excluding hydrogens is 554 g/mol. The van der Waals surface area contributed by atoms with Gasteiger partial charge in [-0.25, -0.2) is 4.39 Å². The van der Waals surface area contributed by atoms with Crippen LogP contribution in [-0.2, 0) is 17.3 Å². The highest BCUT2D eigenvalue weighted by atomic mass is 32.1. The van der Waals surface area contributed by atoms with Gasteiger partial charge in [0.1, 0.15) is 11.9 Å². The van der Waals surface area contributed by atoms with Gasteiger partial charge in [0.25, 0.3) is 0 Å². The molecule has 4 rings (SSSR count). The number of aromatic nitrogens is 1. The Hall–Kier alpha value is -1.94. The topological polar surface area (TPSA) is 62.6 Å². The number of hydrogen-bond acceptors (Lipinski definition) is 5. The molecule has 41 heavy (non-hydrogen) atoms. The predicted molar refractivity (Wildman–Crippen MR) is 160 cm³/mol. The third kappa shape index (κ3) is 8.55. The summed E-state index contributed by atoms with van der Waals surface area (Å²) in [5.41, 5.74) is 2.39. The Kier molecular flexibility index (Phi) is 12.9. The first-order valence-corrected chi connectivity index (χ1v) is 15.1. The Morgan fingerprint density at radius 3 is 2.27 bits per heavy atom. The Morgan fingerprint density at radius 2 is 1.78 bits per heavy atom. The van der Waals surface area contributed by atoms with Gasteiger partial charge in [-0.3, -0.25) is 4.98 Å². The number of hydrogen-bond donors (Lipinski definition) is 3. The van der Waals surface area contributed by atoms with Gasteiger partial charge in [-0.1, -0.05) is 66.5 Å². The summed E-state index contributed by atoms with van der Waals surface area (Å²) in [6, 6.07) is 2.49. The summed E-state index contributed by atoms with van der Waals surface area (Å²) in [4.78, 5) is 4.89. The van der Waals surface area contributed by atoms with E-state index in [9.17, 15) is 27.8 Å². The molecule has 2 aromatic rings. The molecule has 0 radical (unpaired) electrons. The van der Waals surface area contributed by atoms with Gasteiger partial charge < -0.3 is 14.9 Å². The van der Waals surface area contributed by atoms with Gasteiger partial charge in [0.2, 0.25) is 0 Å². The van der Waals surface area contributed by atoms with Crippen LogP contribution in [0.4, 0.5) is 17.6 Å². The first-order valence-electron chi connectivity index (χ1n) is 14.2. The lowest BCUT2D eigenvalue weighted by molar-refractivity contribution is -0.140. The maximum absolute atomic E-state index is 14.4. The molecule has 9 heteroatoms. The molecule has 2 heterocycles. The van der Waals surface area contributed by atoms with E-state index in [2.05, 4.69) is 40.3 Å². The molecule has 2 atom stereocenters. The highest BCUT2D eigenvalue weighted by Crippen LogP contribution is 2.48. The summed E-state index contributed by atoms with van der Waals surface area (Å²) in [5, 5.41) is 22.7. The molecule has 0 saturated heterocycles. The van der Waals surface area contributed by atoms with Crippen molar-refractivity contribution in [1.29, 1.82) is 0 Å². The summed E-state index contributed by atoms with van der Waals surface area (Å²) in [6.45, 7) is 13.2. The van der Waals surface area contributed by atoms with Gasteiger partial charge in [-0.05, 0) is 65.7 Å². The first kappa shape index (κ1) is 35.3. The molecule has 1 aromatic carbocycles. The van der Waals surface area contributed by atoms with E-state index < -0.39 is 29.8 Å². The normalized spacial score (nSPS) is 18.8. The van der Waals surface area contributed by atoms with Crippen LogP contribution in [0.15, 0.2) is 24.3 Å². The van der Waals surface area contributed by atoms with Crippen molar-refractivity contribution >= 4 is 18.2 Å². The van der Waals surface area contributed by atoms with E-state index in [0.717, 1.165) is 23.4 Å². The largest absolute Gasteiger partial charge is 0.419 e. The number of unbranched alkanes of at least 4 members (excludes halogenated alkanes) is 1. The molecule has 0 amide bonds. The third-order valence-corrected chi connectivity index (χ3v) is 7.33. The molecule has 2 aliphatic rings. The van der Waals surface area contributed by atoms with Crippen LogP contribution in [0, 0.1) is 11.2 Å². The molecule has 0 bridgehead atoms. The lowest BCUT2D eigenvalue weighted by Crippen LogP contribution is -2.30. The molecule has 0 spiro atoms. The number of aliphatic hydroxyl groups excluding tert-OH is 2. The monoisotopic (exact) mass is 599 g/mol. The van der Waals surface area contributed by atoms with Gasteiger partial charge in [0.05, 0.1) is 24.9 Å². The molecule has 0 saturated carbocycles. The van der Waals surface area contributed by atoms with Crippen LogP contribution in [0.2, 0.25) is 0 Å². The van der Waals surface area contributed by atoms with Crippen molar-refractivity contribution in [2.24, 2.45) is 5.41 Å². The molecule has 1 aliphatic carbocycles. The number of pyridine rings is 1. The number of aliphatic hydroxyl groups is 2. The molecule has 2 unspecified atom stereocenters. The van der Waals surface area contributed by atoms with Crippen molar-refractivity contribution in [2.75, 3.05) is 19.5 Å².